The van der Waals surface area contributed by atoms with Gasteiger partial charge in [0.2, 0.25) is 0 Å². The lowest BCUT2D eigenvalue weighted by Crippen LogP contribution is -2.34. The first-order valence-corrected chi connectivity index (χ1v) is 9.98. The molecule has 0 aliphatic carbocycles. The van der Waals surface area contributed by atoms with Crippen molar-refractivity contribution in [2.45, 2.75) is 26.4 Å². The number of urea groups is 1. The third-order valence-corrected chi connectivity index (χ3v) is 4.95. The molecule has 1 heterocycles. The summed E-state index contributed by atoms with van der Waals surface area (Å²) in [6.07, 6.45) is 0. The van der Waals surface area contributed by atoms with Gasteiger partial charge >= 0.3 is 6.03 Å². The Morgan fingerprint density at radius 2 is 1.68 bits per heavy atom. The summed E-state index contributed by atoms with van der Waals surface area (Å²) >= 11 is 1.44. The van der Waals surface area contributed by atoms with E-state index in [1.165, 1.54) is 11.3 Å². The van der Waals surface area contributed by atoms with Gasteiger partial charge in [-0.15, -0.1) is 11.3 Å². The number of nitrogens with one attached hydrogen (secondary N) is 3. The fraction of sp³-hybridized carbons (Fsp3) is 0.182. The molecule has 0 aliphatic heterocycles. The van der Waals surface area contributed by atoms with Crippen molar-refractivity contribution in [3.05, 3.63) is 76.5 Å². The molecule has 3 amide bonds. The molecule has 0 unspecified atom stereocenters. The summed E-state index contributed by atoms with van der Waals surface area (Å²) in [6, 6.07) is 19.1. The molecule has 144 valence electrons. The summed E-state index contributed by atoms with van der Waals surface area (Å²) in [6.45, 7) is 4.23. The number of hydrogen-bond acceptors (Lipinski definition) is 3. The van der Waals surface area contributed by atoms with Gasteiger partial charge < -0.3 is 16.0 Å². The first-order valence-electron chi connectivity index (χ1n) is 9.10. The average molecular weight is 394 g/mol. The topological polar surface area (TPSA) is 70.2 Å². The van der Waals surface area contributed by atoms with E-state index >= 15 is 0 Å². The molecule has 0 saturated heterocycles. The molecule has 3 rings (SSSR count). The largest absolute Gasteiger partial charge is 0.347 e. The minimum absolute atomic E-state index is 0.0764. The zero-order valence-corrected chi connectivity index (χ0v) is 16.7. The monoisotopic (exact) mass is 393 g/mol. The molecular formula is C22H23N3O2S. The van der Waals surface area contributed by atoms with Gasteiger partial charge in [0.25, 0.3) is 5.91 Å². The number of carbonyl (C=O) groups excluding carboxylic acids is 2. The van der Waals surface area contributed by atoms with Crippen LogP contribution < -0.4 is 16.0 Å². The summed E-state index contributed by atoms with van der Waals surface area (Å²) < 4.78 is 0. The van der Waals surface area contributed by atoms with Gasteiger partial charge in [-0.1, -0.05) is 42.5 Å². The van der Waals surface area contributed by atoms with Crippen LogP contribution in [0, 0.1) is 0 Å². The van der Waals surface area contributed by atoms with Gasteiger partial charge in [-0.3, -0.25) is 4.79 Å². The lowest BCUT2D eigenvalue weighted by Gasteiger charge is -2.11. The molecule has 0 spiro atoms. The van der Waals surface area contributed by atoms with Crippen molar-refractivity contribution in [3.8, 4) is 11.1 Å². The van der Waals surface area contributed by atoms with Crippen LogP contribution in [0.3, 0.4) is 0 Å². The molecule has 3 N–H and O–H groups in total. The van der Waals surface area contributed by atoms with Crippen LogP contribution in [0.2, 0.25) is 0 Å². The summed E-state index contributed by atoms with van der Waals surface area (Å²) in [7, 11) is 0. The number of amides is 3. The number of carbonyl (C=O) groups is 2. The van der Waals surface area contributed by atoms with E-state index < -0.39 is 0 Å². The van der Waals surface area contributed by atoms with Crippen molar-refractivity contribution < 1.29 is 9.59 Å². The Hall–Kier alpha value is -3.12. The van der Waals surface area contributed by atoms with E-state index in [2.05, 4.69) is 16.0 Å². The zero-order valence-electron chi connectivity index (χ0n) is 15.9. The molecule has 5 nitrogen and oxygen atoms in total. The van der Waals surface area contributed by atoms with Crippen LogP contribution >= 0.6 is 11.3 Å². The molecule has 0 aliphatic rings. The highest BCUT2D eigenvalue weighted by Crippen LogP contribution is 2.28. The van der Waals surface area contributed by atoms with Gasteiger partial charge in [-0.25, -0.2) is 4.79 Å². The molecular weight excluding hydrogens is 370 g/mol. The third-order valence-electron chi connectivity index (χ3n) is 4.04. The molecule has 0 fully saturated rings. The van der Waals surface area contributed by atoms with Crippen molar-refractivity contribution in [1.29, 1.82) is 0 Å². The van der Waals surface area contributed by atoms with E-state index in [9.17, 15) is 9.59 Å². The van der Waals surface area contributed by atoms with Crippen LogP contribution in [0.5, 0.6) is 0 Å². The van der Waals surface area contributed by atoms with Gasteiger partial charge in [0.15, 0.2) is 0 Å². The van der Waals surface area contributed by atoms with E-state index in [0.717, 1.165) is 16.7 Å². The average Bonchev–Trinajstić information content (AvgIpc) is 3.17. The Kier molecular flexibility index (Phi) is 6.45. The predicted octanol–water partition coefficient (Wildman–Crippen LogP) is 4.88. The van der Waals surface area contributed by atoms with Gasteiger partial charge in [0.05, 0.1) is 4.88 Å². The Morgan fingerprint density at radius 3 is 2.36 bits per heavy atom. The fourth-order valence-corrected chi connectivity index (χ4v) is 3.56. The van der Waals surface area contributed by atoms with Crippen molar-refractivity contribution in [3.63, 3.8) is 0 Å². The minimum atomic E-state index is -0.234. The summed E-state index contributed by atoms with van der Waals surface area (Å²) in [5.74, 6) is -0.0904. The Balaban J connectivity index is 1.58. The van der Waals surface area contributed by atoms with Gasteiger partial charge in [0, 0.05) is 23.8 Å². The molecule has 3 aromatic rings. The van der Waals surface area contributed by atoms with E-state index in [-0.39, 0.29) is 18.0 Å². The molecule has 0 saturated carbocycles. The highest BCUT2D eigenvalue weighted by molar-refractivity contribution is 7.12. The number of thiophene rings is 1. The second-order valence-electron chi connectivity index (χ2n) is 6.66. The molecule has 0 radical (unpaired) electrons. The second kappa shape index (κ2) is 9.19. The number of anilines is 1. The third kappa shape index (κ3) is 5.20. The van der Waals surface area contributed by atoms with Crippen molar-refractivity contribution >= 4 is 29.0 Å². The van der Waals surface area contributed by atoms with Crippen molar-refractivity contribution in [2.75, 3.05) is 5.32 Å². The van der Waals surface area contributed by atoms with Crippen LogP contribution in [0.1, 0.15) is 29.1 Å². The van der Waals surface area contributed by atoms with E-state index in [0.29, 0.717) is 17.1 Å². The molecule has 0 bridgehead atoms. The summed E-state index contributed by atoms with van der Waals surface area (Å²) in [5, 5.41) is 10.5. The van der Waals surface area contributed by atoms with Crippen molar-refractivity contribution in [1.82, 2.24) is 10.6 Å². The van der Waals surface area contributed by atoms with Gasteiger partial charge in [-0.05, 0) is 48.6 Å². The summed E-state index contributed by atoms with van der Waals surface area (Å²) in [5.41, 5.74) is 3.64. The van der Waals surface area contributed by atoms with Crippen LogP contribution in [0.4, 0.5) is 10.5 Å². The number of benzene rings is 2. The number of rotatable bonds is 6. The van der Waals surface area contributed by atoms with Crippen molar-refractivity contribution in [2.24, 2.45) is 0 Å². The smallest absolute Gasteiger partial charge is 0.319 e. The standard InChI is InChI=1S/C22H23N3O2S/c1-15(2)24-22(27)25-18-10-8-16(9-11-18)14-23-21(26)20-19(12-13-28-20)17-6-4-3-5-7-17/h3-13,15H,14H2,1-2H3,(H,23,26)(H2,24,25,27). The first kappa shape index (κ1) is 19.6. The van der Waals surface area contributed by atoms with Crippen LogP contribution in [-0.2, 0) is 6.54 Å². The SMILES string of the molecule is CC(C)NC(=O)Nc1ccc(CNC(=O)c2sccc2-c2ccccc2)cc1. The van der Waals surface area contributed by atoms with Gasteiger partial charge in [-0.2, -0.15) is 0 Å². The number of hydrogen-bond donors (Lipinski definition) is 3. The normalized spacial score (nSPS) is 10.5. The van der Waals surface area contributed by atoms with E-state index in [1.807, 2.05) is 79.9 Å². The van der Waals surface area contributed by atoms with Crippen LogP contribution in [0.15, 0.2) is 66.0 Å². The van der Waals surface area contributed by atoms with E-state index in [4.69, 9.17) is 0 Å². The quantitative estimate of drug-likeness (QED) is 0.559. The molecule has 2 aromatic carbocycles. The Labute approximate surface area is 168 Å². The fourth-order valence-electron chi connectivity index (χ4n) is 2.73. The zero-order chi connectivity index (χ0) is 19.9. The lowest BCUT2D eigenvalue weighted by molar-refractivity contribution is 0.0955. The minimum Gasteiger partial charge on any atom is -0.347 e. The first-order chi connectivity index (χ1) is 13.5. The maximum atomic E-state index is 12.6. The Morgan fingerprint density at radius 1 is 0.964 bits per heavy atom. The highest BCUT2D eigenvalue weighted by atomic mass is 32.1. The molecule has 6 heteroatoms. The molecule has 0 atom stereocenters. The predicted molar refractivity (Wildman–Crippen MR) is 115 cm³/mol. The van der Waals surface area contributed by atoms with Crippen LogP contribution in [-0.4, -0.2) is 18.0 Å². The maximum Gasteiger partial charge on any atom is 0.319 e. The van der Waals surface area contributed by atoms with Gasteiger partial charge in [0.1, 0.15) is 0 Å². The molecule has 1 aromatic heterocycles. The highest BCUT2D eigenvalue weighted by Gasteiger charge is 2.14. The van der Waals surface area contributed by atoms with E-state index in [1.54, 1.807) is 0 Å². The van der Waals surface area contributed by atoms with Crippen LogP contribution in [0.25, 0.3) is 11.1 Å². The summed E-state index contributed by atoms with van der Waals surface area (Å²) in [4.78, 5) is 25.1. The lowest BCUT2D eigenvalue weighted by atomic mass is 10.1. The second-order valence-corrected chi connectivity index (χ2v) is 7.58. The maximum absolute atomic E-state index is 12.6. The molecule has 28 heavy (non-hydrogen) atoms. The Bertz CT molecular complexity index is 934.